The van der Waals surface area contributed by atoms with E-state index in [0.29, 0.717) is 13.0 Å². The second-order valence-electron chi connectivity index (χ2n) is 1.96. The van der Waals surface area contributed by atoms with Gasteiger partial charge in [-0.1, -0.05) is 0 Å². The smallest absolute Gasteiger partial charge is 0.0973 e. The van der Waals surface area contributed by atoms with Crippen molar-refractivity contribution in [2.75, 3.05) is 13.1 Å². The van der Waals surface area contributed by atoms with Crippen LogP contribution in [0, 0.1) is 0 Å². The van der Waals surface area contributed by atoms with Crippen LogP contribution in [0.5, 0.6) is 0 Å². The van der Waals surface area contributed by atoms with Crippen molar-refractivity contribution >= 4 is 0 Å². The molecule has 1 aliphatic heterocycles. The van der Waals surface area contributed by atoms with E-state index in [4.69, 9.17) is 0 Å². The van der Waals surface area contributed by atoms with Gasteiger partial charge in [0.1, 0.15) is 0 Å². The summed E-state index contributed by atoms with van der Waals surface area (Å²) in [7, 11) is 0. The van der Waals surface area contributed by atoms with Crippen LogP contribution in [0.1, 0.15) is 12.8 Å². The molecule has 0 aromatic carbocycles. The molecule has 0 amide bonds. The van der Waals surface area contributed by atoms with E-state index in [0.717, 1.165) is 13.0 Å². The SMILES string of the molecule is FC1=CCNCCC1. The van der Waals surface area contributed by atoms with Gasteiger partial charge in [-0.25, -0.2) is 4.39 Å². The van der Waals surface area contributed by atoms with E-state index >= 15 is 0 Å². The Kier molecular flexibility index (Phi) is 2.03. The number of nitrogens with one attached hydrogen (secondary N) is 1. The molecule has 0 aromatic heterocycles. The summed E-state index contributed by atoms with van der Waals surface area (Å²) in [6.07, 6.45) is 3.16. The fraction of sp³-hybridized carbons (Fsp3) is 0.667. The van der Waals surface area contributed by atoms with Crippen molar-refractivity contribution < 1.29 is 4.39 Å². The van der Waals surface area contributed by atoms with E-state index in [9.17, 15) is 4.39 Å². The minimum Gasteiger partial charge on any atom is -0.313 e. The standard InChI is InChI=1S/C6H10FN/c7-6-2-1-4-8-5-3-6/h3,8H,1-2,4-5H2. The zero-order valence-corrected chi connectivity index (χ0v) is 4.78. The number of hydrogen-bond acceptors (Lipinski definition) is 1. The van der Waals surface area contributed by atoms with Crippen molar-refractivity contribution in [1.82, 2.24) is 5.32 Å². The van der Waals surface area contributed by atoms with Crippen LogP contribution in [0.3, 0.4) is 0 Å². The van der Waals surface area contributed by atoms with Crippen molar-refractivity contribution in [3.63, 3.8) is 0 Å². The van der Waals surface area contributed by atoms with Crippen molar-refractivity contribution in [1.29, 1.82) is 0 Å². The molecule has 0 aliphatic carbocycles. The highest BCUT2D eigenvalue weighted by atomic mass is 19.1. The van der Waals surface area contributed by atoms with Crippen molar-refractivity contribution in [3.8, 4) is 0 Å². The zero-order valence-electron chi connectivity index (χ0n) is 4.78. The second-order valence-corrected chi connectivity index (χ2v) is 1.96. The van der Waals surface area contributed by atoms with E-state index in [-0.39, 0.29) is 5.83 Å². The maximum absolute atomic E-state index is 12.3. The van der Waals surface area contributed by atoms with Crippen molar-refractivity contribution in [3.05, 3.63) is 11.9 Å². The number of rotatable bonds is 0. The highest BCUT2D eigenvalue weighted by molar-refractivity contribution is 4.94. The highest BCUT2D eigenvalue weighted by Crippen LogP contribution is 2.06. The summed E-state index contributed by atoms with van der Waals surface area (Å²) in [5.74, 6) is 0.0370. The molecule has 0 atom stereocenters. The summed E-state index contributed by atoms with van der Waals surface area (Å²) in [5.41, 5.74) is 0. The predicted molar refractivity (Wildman–Crippen MR) is 31.3 cm³/mol. The van der Waals surface area contributed by atoms with Gasteiger partial charge in [0.2, 0.25) is 0 Å². The Hall–Kier alpha value is -0.370. The van der Waals surface area contributed by atoms with Gasteiger partial charge in [0, 0.05) is 13.0 Å². The molecule has 1 rings (SSSR count). The van der Waals surface area contributed by atoms with Gasteiger partial charge < -0.3 is 5.32 Å². The molecule has 46 valence electrons. The first-order valence-electron chi connectivity index (χ1n) is 2.95. The van der Waals surface area contributed by atoms with Gasteiger partial charge in [-0.2, -0.15) is 0 Å². The first-order valence-corrected chi connectivity index (χ1v) is 2.95. The van der Waals surface area contributed by atoms with Gasteiger partial charge in [-0.3, -0.25) is 0 Å². The predicted octanol–water partition coefficient (Wildman–Crippen LogP) is 1.22. The molecular weight excluding hydrogens is 105 g/mol. The summed E-state index contributed by atoms with van der Waals surface area (Å²) >= 11 is 0. The Labute approximate surface area is 48.6 Å². The maximum atomic E-state index is 12.3. The van der Waals surface area contributed by atoms with Gasteiger partial charge >= 0.3 is 0 Å². The molecule has 2 heteroatoms. The lowest BCUT2D eigenvalue weighted by atomic mass is 10.3. The lowest BCUT2D eigenvalue weighted by Gasteiger charge is -1.91. The summed E-state index contributed by atoms with van der Waals surface area (Å²) in [6.45, 7) is 1.65. The molecular formula is C6H10FN. The normalized spacial score (nSPS) is 21.9. The maximum Gasteiger partial charge on any atom is 0.0973 e. The van der Waals surface area contributed by atoms with Crippen LogP contribution in [0.2, 0.25) is 0 Å². The van der Waals surface area contributed by atoms with Gasteiger partial charge in [-0.05, 0) is 19.0 Å². The molecule has 0 unspecified atom stereocenters. The lowest BCUT2D eigenvalue weighted by Crippen LogP contribution is -2.12. The molecule has 1 nitrogen and oxygen atoms in total. The largest absolute Gasteiger partial charge is 0.313 e. The Morgan fingerprint density at radius 3 is 3.38 bits per heavy atom. The average Bonchev–Trinajstić information content (AvgIpc) is 1.94. The molecule has 0 fully saturated rings. The lowest BCUT2D eigenvalue weighted by molar-refractivity contribution is 0.579. The third-order valence-electron chi connectivity index (χ3n) is 1.24. The van der Waals surface area contributed by atoms with E-state index < -0.39 is 0 Å². The molecule has 0 spiro atoms. The third-order valence-corrected chi connectivity index (χ3v) is 1.24. The molecule has 1 aliphatic rings. The second kappa shape index (κ2) is 2.82. The first kappa shape index (κ1) is 5.76. The van der Waals surface area contributed by atoms with Crippen LogP contribution in [0.4, 0.5) is 4.39 Å². The highest BCUT2D eigenvalue weighted by Gasteiger charge is 1.97. The van der Waals surface area contributed by atoms with Crippen LogP contribution in [-0.4, -0.2) is 13.1 Å². The topological polar surface area (TPSA) is 12.0 Å². The van der Waals surface area contributed by atoms with E-state index in [2.05, 4.69) is 5.32 Å². The van der Waals surface area contributed by atoms with Crippen LogP contribution < -0.4 is 5.32 Å². The quantitative estimate of drug-likeness (QED) is 0.500. The van der Waals surface area contributed by atoms with E-state index in [1.807, 2.05) is 0 Å². The molecule has 0 saturated carbocycles. The van der Waals surface area contributed by atoms with Crippen LogP contribution >= 0.6 is 0 Å². The fourth-order valence-corrected chi connectivity index (χ4v) is 0.769. The number of allylic oxidation sites excluding steroid dienone is 1. The van der Waals surface area contributed by atoms with Gasteiger partial charge in [0.15, 0.2) is 0 Å². The third kappa shape index (κ3) is 1.62. The van der Waals surface area contributed by atoms with Gasteiger partial charge in [-0.15, -0.1) is 0 Å². The molecule has 0 radical (unpaired) electrons. The number of halogens is 1. The van der Waals surface area contributed by atoms with Gasteiger partial charge in [0.25, 0.3) is 0 Å². The molecule has 8 heavy (non-hydrogen) atoms. The molecule has 0 bridgehead atoms. The minimum absolute atomic E-state index is 0.0370. The molecule has 0 saturated heterocycles. The summed E-state index contributed by atoms with van der Waals surface area (Å²) in [4.78, 5) is 0. The zero-order chi connectivity index (χ0) is 5.82. The van der Waals surface area contributed by atoms with Crippen LogP contribution in [0.25, 0.3) is 0 Å². The van der Waals surface area contributed by atoms with Crippen molar-refractivity contribution in [2.24, 2.45) is 0 Å². The summed E-state index contributed by atoms with van der Waals surface area (Å²) in [6, 6.07) is 0. The van der Waals surface area contributed by atoms with Crippen LogP contribution in [-0.2, 0) is 0 Å². The Morgan fingerprint density at radius 2 is 2.50 bits per heavy atom. The molecule has 1 N–H and O–H groups in total. The Bertz CT molecular complexity index is 98.7. The molecule has 0 aromatic rings. The minimum atomic E-state index is 0.0370. The molecule has 1 heterocycles. The summed E-state index contributed by atoms with van der Waals surface area (Å²) in [5, 5.41) is 3.06. The Balaban J connectivity index is 2.36. The number of hydrogen-bond donors (Lipinski definition) is 1. The van der Waals surface area contributed by atoms with Crippen LogP contribution in [0.15, 0.2) is 11.9 Å². The Morgan fingerprint density at radius 1 is 1.62 bits per heavy atom. The van der Waals surface area contributed by atoms with E-state index in [1.54, 1.807) is 6.08 Å². The first-order chi connectivity index (χ1) is 3.89. The van der Waals surface area contributed by atoms with Gasteiger partial charge in [0.05, 0.1) is 5.83 Å². The fourth-order valence-electron chi connectivity index (χ4n) is 0.769. The van der Waals surface area contributed by atoms with Crippen molar-refractivity contribution in [2.45, 2.75) is 12.8 Å². The monoisotopic (exact) mass is 115 g/mol. The average molecular weight is 115 g/mol. The summed E-state index contributed by atoms with van der Waals surface area (Å²) < 4.78 is 12.3. The van der Waals surface area contributed by atoms with E-state index in [1.165, 1.54) is 0 Å².